The van der Waals surface area contributed by atoms with Crippen LogP contribution in [0.5, 0.6) is 5.75 Å². The lowest BCUT2D eigenvalue weighted by Crippen LogP contribution is -2.47. The van der Waals surface area contributed by atoms with Crippen molar-refractivity contribution in [3.63, 3.8) is 0 Å². The maximum Gasteiger partial charge on any atom is 0.120 e. The van der Waals surface area contributed by atoms with Gasteiger partial charge < -0.3 is 9.64 Å². The van der Waals surface area contributed by atoms with Crippen LogP contribution in [0.3, 0.4) is 0 Å². The van der Waals surface area contributed by atoms with E-state index in [1.165, 1.54) is 47.9 Å². The summed E-state index contributed by atoms with van der Waals surface area (Å²) in [6.45, 7) is 5.71. The van der Waals surface area contributed by atoms with Gasteiger partial charge >= 0.3 is 0 Å². The molecule has 0 radical (unpaired) electrons. The van der Waals surface area contributed by atoms with Gasteiger partial charge in [0.25, 0.3) is 0 Å². The number of fused-ring (bicyclic) bond motifs is 1. The molecule has 186 valence electrons. The number of hydrogen-bond donors (Lipinski definition) is 0. The van der Waals surface area contributed by atoms with Gasteiger partial charge in [0.2, 0.25) is 0 Å². The number of nitrogens with zero attached hydrogens (tertiary/aromatic N) is 2. The van der Waals surface area contributed by atoms with Crippen LogP contribution in [0.15, 0.2) is 60.7 Å². The summed E-state index contributed by atoms with van der Waals surface area (Å²) in [4.78, 5) is 4.87. The summed E-state index contributed by atoms with van der Waals surface area (Å²) in [5.74, 6) is 0.989. The summed E-state index contributed by atoms with van der Waals surface area (Å²) in [6, 6.07) is 21.4. The third kappa shape index (κ3) is 6.65. The van der Waals surface area contributed by atoms with Gasteiger partial charge in [0.05, 0.1) is 15.7 Å². The summed E-state index contributed by atoms with van der Waals surface area (Å²) in [7, 11) is 0. The maximum atomic E-state index is 6.41. The zero-order chi connectivity index (χ0) is 23.3. The van der Waals surface area contributed by atoms with E-state index in [2.05, 4.69) is 58.3 Å². The van der Waals surface area contributed by atoms with Crippen molar-refractivity contribution in [3.05, 3.63) is 93.0 Å². The van der Waals surface area contributed by atoms with Crippen LogP contribution in [0.4, 0.5) is 5.69 Å². The highest BCUT2D eigenvalue weighted by Gasteiger charge is 2.19. The molecule has 1 saturated heterocycles. The predicted octanol–water partition coefficient (Wildman–Crippen LogP) is 7.24. The lowest BCUT2D eigenvalue weighted by Gasteiger charge is -2.36. The topological polar surface area (TPSA) is 15.7 Å². The van der Waals surface area contributed by atoms with Crippen LogP contribution >= 0.6 is 35.6 Å². The molecule has 0 aromatic heterocycles. The maximum absolute atomic E-state index is 6.41. The van der Waals surface area contributed by atoms with E-state index in [4.69, 9.17) is 27.9 Å². The second-order valence-corrected chi connectivity index (χ2v) is 10.2. The molecule has 35 heavy (non-hydrogen) atoms. The smallest absolute Gasteiger partial charge is 0.120 e. The number of halogens is 3. The summed E-state index contributed by atoms with van der Waals surface area (Å²) in [6.07, 6.45) is 6.06. The highest BCUT2D eigenvalue weighted by Crippen LogP contribution is 2.33. The lowest BCUT2D eigenvalue weighted by atomic mass is 9.92. The van der Waals surface area contributed by atoms with Crippen molar-refractivity contribution in [2.45, 2.75) is 38.7 Å². The molecular weight excluding hydrogens is 499 g/mol. The molecule has 0 amide bonds. The van der Waals surface area contributed by atoms with Crippen LogP contribution in [-0.4, -0.2) is 37.6 Å². The quantitative estimate of drug-likeness (QED) is 0.320. The number of benzene rings is 3. The van der Waals surface area contributed by atoms with Gasteiger partial charge in [-0.2, -0.15) is 0 Å². The molecule has 0 spiro atoms. The van der Waals surface area contributed by atoms with Crippen molar-refractivity contribution in [2.24, 2.45) is 0 Å². The van der Waals surface area contributed by atoms with Crippen LogP contribution in [0.25, 0.3) is 0 Å². The third-order valence-corrected chi connectivity index (χ3v) is 7.92. The number of piperazine rings is 1. The van der Waals surface area contributed by atoms with Crippen molar-refractivity contribution in [2.75, 3.05) is 37.6 Å². The molecule has 1 aliphatic carbocycles. The van der Waals surface area contributed by atoms with Gasteiger partial charge in [-0.15, -0.1) is 12.4 Å². The first kappa shape index (κ1) is 26.2. The number of rotatable bonds is 7. The van der Waals surface area contributed by atoms with Crippen molar-refractivity contribution in [3.8, 4) is 5.75 Å². The summed E-state index contributed by atoms with van der Waals surface area (Å²) in [5, 5.41) is 1.28. The van der Waals surface area contributed by atoms with Gasteiger partial charge in [0.15, 0.2) is 0 Å². The van der Waals surface area contributed by atoms with E-state index >= 15 is 0 Å². The first-order valence-electron chi connectivity index (χ1n) is 12.4. The van der Waals surface area contributed by atoms with Crippen LogP contribution in [0, 0.1) is 0 Å². The zero-order valence-electron chi connectivity index (χ0n) is 20.0. The Morgan fingerprint density at radius 3 is 2.26 bits per heavy atom. The molecule has 3 nitrogen and oxygen atoms in total. The van der Waals surface area contributed by atoms with Crippen LogP contribution in [-0.2, 0) is 25.9 Å². The average molecular weight is 532 g/mol. The molecule has 3 aromatic carbocycles. The molecule has 0 saturated carbocycles. The minimum absolute atomic E-state index is 0. The Hall–Kier alpha value is -1.91. The standard InChI is InChI=1S/C29H32Cl2N2O.ClH/c30-27-6-3-7-28(29(27)31)33-18-16-32(17-19-33)15-14-22-8-10-23(11-9-22)21-34-26-13-12-24-4-1-2-5-25(24)20-26;/h3,6-13,20H,1-2,4-5,14-19,21H2;1H. The van der Waals surface area contributed by atoms with Gasteiger partial charge in [-0.3, -0.25) is 4.90 Å². The summed E-state index contributed by atoms with van der Waals surface area (Å²) in [5.41, 5.74) is 6.60. The molecule has 2 aliphatic rings. The van der Waals surface area contributed by atoms with Gasteiger partial charge in [0.1, 0.15) is 12.4 Å². The third-order valence-electron chi connectivity index (χ3n) is 7.11. The van der Waals surface area contributed by atoms with Gasteiger partial charge in [-0.05, 0) is 78.6 Å². The molecule has 0 unspecified atom stereocenters. The van der Waals surface area contributed by atoms with E-state index in [-0.39, 0.29) is 12.4 Å². The highest BCUT2D eigenvalue weighted by atomic mass is 35.5. The molecule has 0 bridgehead atoms. The Bertz CT molecular complexity index is 1110. The Morgan fingerprint density at radius 2 is 1.49 bits per heavy atom. The van der Waals surface area contributed by atoms with E-state index in [0.29, 0.717) is 16.7 Å². The number of anilines is 1. The molecular formula is C29H33Cl3N2O. The normalized spacial score (nSPS) is 15.9. The van der Waals surface area contributed by atoms with Crippen LogP contribution in [0.1, 0.15) is 35.1 Å². The minimum atomic E-state index is 0. The van der Waals surface area contributed by atoms with Gasteiger partial charge in [-0.25, -0.2) is 0 Å². The zero-order valence-corrected chi connectivity index (χ0v) is 22.3. The lowest BCUT2D eigenvalue weighted by molar-refractivity contribution is 0.261. The molecule has 0 atom stereocenters. The van der Waals surface area contributed by atoms with E-state index in [0.717, 1.165) is 50.6 Å². The Kier molecular flexibility index (Phi) is 9.24. The Morgan fingerprint density at radius 1 is 0.771 bits per heavy atom. The second-order valence-electron chi connectivity index (χ2n) is 9.39. The van der Waals surface area contributed by atoms with Crippen molar-refractivity contribution >= 4 is 41.3 Å². The average Bonchev–Trinajstić information content (AvgIpc) is 2.89. The van der Waals surface area contributed by atoms with Crippen LogP contribution < -0.4 is 9.64 Å². The first-order chi connectivity index (χ1) is 16.7. The second kappa shape index (κ2) is 12.4. The fourth-order valence-corrected chi connectivity index (χ4v) is 5.42. The largest absolute Gasteiger partial charge is 0.489 e. The fourth-order valence-electron chi connectivity index (χ4n) is 5.00. The van der Waals surface area contributed by atoms with Gasteiger partial charge in [0, 0.05) is 32.7 Å². The van der Waals surface area contributed by atoms with E-state index in [1.54, 1.807) is 0 Å². The van der Waals surface area contributed by atoms with E-state index in [9.17, 15) is 0 Å². The molecule has 5 rings (SSSR count). The van der Waals surface area contributed by atoms with Crippen molar-refractivity contribution in [1.29, 1.82) is 0 Å². The van der Waals surface area contributed by atoms with Crippen LogP contribution in [0.2, 0.25) is 10.0 Å². The molecule has 6 heteroatoms. The van der Waals surface area contributed by atoms with Gasteiger partial charge in [-0.1, -0.05) is 59.6 Å². The molecule has 0 N–H and O–H groups in total. The van der Waals surface area contributed by atoms with E-state index in [1.807, 2.05) is 12.1 Å². The fraction of sp³-hybridized carbons (Fsp3) is 0.379. The number of aryl methyl sites for hydroxylation is 2. The molecule has 1 aliphatic heterocycles. The van der Waals surface area contributed by atoms with Crippen molar-refractivity contribution in [1.82, 2.24) is 4.90 Å². The molecule has 1 heterocycles. The minimum Gasteiger partial charge on any atom is -0.489 e. The monoisotopic (exact) mass is 530 g/mol. The number of ether oxygens (including phenoxy) is 1. The Balaban J connectivity index is 0.00000289. The van der Waals surface area contributed by atoms with Crippen molar-refractivity contribution < 1.29 is 4.74 Å². The summed E-state index contributed by atoms with van der Waals surface area (Å²) < 4.78 is 6.08. The first-order valence-corrected chi connectivity index (χ1v) is 13.1. The van der Waals surface area contributed by atoms with E-state index < -0.39 is 0 Å². The molecule has 1 fully saturated rings. The Labute approximate surface area is 225 Å². The summed E-state index contributed by atoms with van der Waals surface area (Å²) >= 11 is 12.6. The predicted molar refractivity (Wildman–Crippen MR) is 150 cm³/mol. The highest BCUT2D eigenvalue weighted by molar-refractivity contribution is 6.43. The molecule has 3 aromatic rings. The SMILES string of the molecule is Cl.Clc1cccc(N2CCN(CCc3ccc(COc4ccc5c(c4)CCCC5)cc3)CC2)c1Cl. The number of hydrogen-bond acceptors (Lipinski definition) is 3.